The molecule has 1 aliphatic rings. The van der Waals surface area contributed by atoms with E-state index in [9.17, 15) is 0 Å². The highest BCUT2D eigenvalue weighted by molar-refractivity contribution is 7.80. The van der Waals surface area contributed by atoms with Gasteiger partial charge in [-0.05, 0) is 24.4 Å². The van der Waals surface area contributed by atoms with E-state index in [1.54, 1.807) is 18.2 Å². The molecular weight excluding hydrogens is 267 g/mol. The summed E-state index contributed by atoms with van der Waals surface area (Å²) >= 11 is 16.8. The molecule has 1 aliphatic heterocycles. The van der Waals surface area contributed by atoms with E-state index in [4.69, 9.17) is 41.2 Å². The summed E-state index contributed by atoms with van der Waals surface area (Å²) in [5.41, 5.74) is 6.35. The highest BCUT2D eigenvalue weighted by Gasteiger charge is 2.19. The van der Waals surface area contributed by atoms with E-state index < -0.39 is 0 Å². The van der Waals surface area contributed by atoms with E-state index in [-0.39, 0.29) is 12.1 Å². The van der Waals surface area contributed by atoms with Gasteiger partial charge in [-0.15, -0.1) is 0 Å². The normalized spacial score (nSPS) is 19.8. The molecule has 7 heteroatoms. The van der Waals surface area contributed by atoms with Crippen LogP contribution in [-0.4, -0.2) is 11.1 Å². The minimum absolute atomic E-state index is 0.264. The molecule has 0 aliphatic carbocycles. The van der Waals surface area contributed by atoms with Crippen LogP contribution >= 0.6 is 35.4 Å². The van der Waals surface area contributed by atoms with Gasteiger partial charge in [0.1, 0.15) is 0 Å². The molecule has 0 bridgehead atoms. The van der Waals surface area contributed by atoms with E-state index in [1.165, 1.54) is 0 Å². The van der Waals surface area contributed by atoms with Gasteiger partial charge in [-0.2, -0.15) is 0 Å². The molecule has 0 fully saturated rings. The van der Waals surface area contributed by atoms with Gasteiger partial charge in [-0.25, -0.2) is 4.99 Å². The Kier molecular flexibility index (Phi) is 3.18. The van der Waals surface area contributed by atoms with Crippen molar-refractivity contribution < 1.29 is 0 Å². The van der Waals surface area contributed by atoms with Crippen molar-refractivity contribution in [3.8, 4) is 0 Å². The fraction of sp³-hybridized carbons (Fsp3) is 0.111. The summed E-state index contributed by atoms with van der Waals surface area (Å²) in [5.74, 6) is 0.264. The molecule has 0 radical (unpaired) electrons. The van der Waals surface area contributed by atoms with Gasteiger partial charge in [0, 0.05) is 15.6 Å². The summed E-state index contributed by atoms with van der Waals surface area (Å²) in [4.78, 5) is 4.15. The largest absolute Gasteiger partial charge is 0.370 e. The minimum Gasteiger partial charge on any atom is -0.370 e. The summed E-state index contributed by atoms with van der Waals surface area (Å²) in [5, 5.41) is 7.15. The Balaban J connectivity index is 2.37. The van der Waals surface area contributed by atoms with Gasteiger partial charge in [0.2, 0.25) is 0 Å². The summed E-state index contributed by atoms with van der Waals surface area (Å²) < 4.78 is 0. The molecular formula is C9H8Cl2N4S. The number of guanidine groups is 1. The topological polar surface area (TPSA) is 62.4 Å². The van der Waals surface area contributed by atoms with Crippen LogP contribution in [0.15, 0.2) is 23.2 Å². The third-order valence-electron chi connectivity index (χ3n) is 2.03. The molecule has 2 rings (SSSR count). The first kappa shape index (κ1) is 11.4. The van der Waals surface area contributed by atoms with Crippen molar-refractivity contribution in [3.05, 3.63) is 33.8 Å². The van der Waals surface area contributed by atoms with Crippen molar-refractivity contribution in [2.45, 2.75) is 6.17 Å². The molecule has 0 aromatic heterocycles. The molecule has 1 atom stereocenters. The number of hydrogen-bond donors (Lipinski definition) is 3. The van der Waals surface area contributed by atoms with E-state index in [0.29, 0.717) is 15.2 Å². The lowest BCUT2D eigenvalue weighted by Gasteiger charge is -2.23. The molecule has 16 heavy (non-hydrogen) atoms. The molecule has 0 saturated carbocycles. The lowest BCUT2D eigenvalue weighted by Crippen LogP contribution is -2.49. The van der Waals surface area contributed by atoms with Crippen LogP contribution in [-0.2, 0) is 0 Å². The second-order valence-electron chi connectivity index (χ2n) is 3.18. The first-order valence-corrected chi connectivity index (χ1v) is 5.58. The number of nitrogens with zero attached hydrogens (tertiary/aromatic N) is 1. The van der Waals surface area contributed by atoms with Gasteiger partial charge in [-0.3, -0.25) is 0 Å². The number of halogens is 2. The first-order valence-electron chi connectivity index (χ1n) is 4.42. The van der Waals surface area contributed by atoms with E-state index >= 15 is 0 Å². The van der Waals surface area contributed by atoms with Crippen molar-refractivity contribution in [3.63, 3.8) is 0 Å². The maximum absolute atomic E-state index is 6.06. The second-order valence-corrected chi connectivity index (χ2v) is 4.43. The van der Waals surface area contributed by atoms with Crippen LogP contribution < -0.4 is 16.4 Å². The SMILES string of the molecule is NC1=N[C@@H](c2ccc(Cl)cc2Cl)NC(=S)N1. The van der Waals surface area contributed by atoms with E-state index in [1.807, 2.05) is 0 Å². The zero-order chi connectivity index (χ0) is 11.7. The van der Waals surface area contributed by atoms with Crippen LogP contribution in [0.1, 0.15) is 11.7 Å². The number of hydrogen-bond acceptors (Lipinski definition) is 3. The molecule has 84 valence electrons. The van der Waals surface area contributed by atoms with Crippen LogP contribution in [0.5, 0.6) is 0 Å². The Labute approximate surface area is 108 Å². The van der Waals surface area contributed by atoms with Gasteiger partial charge in [0.15, 0.2) is 17.2 Å². The van der Waals surface area contributed by atoms with Crippen LogP contribution in [0.2, 0.25) is 10.0 Å². The van der Waals surface area contributed by atoms with Gasteiger partial charge in [0.25, 0.3) is 0 Å². The van der Waals surface area contributed by atoms with Gasteiger partial charge >= 0.3 is 0 Å². The van der Waals surface area contributed by atoms with Gasteiger partial charge < -0.3 is 16.4 Å². The van der Waals surface area contributed by atoms with Crippen LogP contribution in [0.25, 0.3) is 0 Å². The maximum atomic E-state index is 6.06. The average Bonchev–Trinajstić information content (AvgIpc) is 2.15. The number of nitrogens with two attached hydrogens (primary N) is 1. The van der Waals surface area contributed by atoms with E-state index in [0.717, 1.165) is 5.56 Å². The molecule has 1 aromatic rings. The van der Waals surface area contributed by atoms with Gasteiger partial charge in [0.05, 0.1) is 0 Å². The molecule has 0 saturated heterocycles. The van der Waals surface area contributed by atoms with Crippen molar-refractivity contribution in [2.24, 2.45) is 10.7 Å². The number of thiocarbonyl (C=S) groups is 1. The summed E-state index contributed by atoms with van der Waals surface area (Å²) in [7, 11) is 0. The van der Waals surface area contributed by atoms with Crippen molar-refractivity contribution >= 4 is 46.5 Å². The molecule has 0 amide bonds. The number of aliphatic imine (C=N–C) groups is 1. The van der Waals surface area contributed by atoms with Crippen molar-refractivity contribution in [1.82, 2.24) is 10.6 Å². The number of nitrogens with one attached hydrogen (secondary N) is 2. The van der Waals surface area contributed by atoms with Gasteiger partial charge in [-0.1, -0.05) is 29.3 Å². The fourth-order valence-corrected chi connectivity index (χ4v) is 2.08. The lowest BCUT2D eigenvalue weighted by atomic mass is 10.1. The quantitative estimate of drug-likeness (QED) is 0.684. The highest BCUT2D eigenvalue weighted by Crippen LogP contribution is 2.27. The molecule has 1 heterocycles. The fourth-order valence-electron chi connectivity index (χ4n) is 1.35. The first-order chi connectivity index (χ1) is 7.56. The van der Waals surface area contributed by atoms with E-state index in [2.05, 4.69) is 15.6 Å². The average molecular weight is 275 g/mol. The predicted molar refractivity (Wildman–Crippen MR) is 69.7 cm³/mol. The van der Waals surface area contributed by atoms with Crippen LogP contribution in [0.3, 0.4) is 0 Å². The molecule has 0 unspecified atom stereocenters. The molecule has 1 aromatic carbocycles. The summed E-state index contributed by atoms with van der Waals surface area (Å²) in [6.45, 7) is 0. The monoisotopic (exact) mass is 274 g/mol. The zero-order valence-corrected chi connectivity index (χ0v) is 10.3. The van der Waals surface area contributed by atoms with Crippen molar-refractivity contribution in [1.29, 1.82) is 0 Å². The zero-order valence-electron chi connectivity index (χ0n) is 8.00. The van der Waals surface area contributed by atoms with Crippen LogP contribution in [0, 0.1) is 0 Å². The number of benzene rings is 1. The summed E-state index contributed by atoms with van der Waals surface area (Å²) in [6.07, 6.45) is -0.376. The molecule has 4 nitrogen and oxygen atoms in total. The Morgan fingerprint density at radius 3 is 2.75 bits per heavy atom. The maximum Gasteiger partial charge on any atom is 0.197 e. The second kappa shape index (κ2) is 4.45. The standard InChI is InChI=1S/C9H8Cl2N4S/c10-4-1-2-5(6(11)3-4)7-13-8(12)15-9(16)14-7/h1-3,7H,(H4,12,13,14,15,16)/t7-/m1/s1. The molecule has 0 spiro atoms. The minimum atomic E-state index is -0.376. The summed E-state index contributed by atoms with van der Waals surface area (Å²) in [6, 6.07) is 5.17. The third-order valence-corrected chi connectivity index (χ3v) is 2.82. The Bertz CT molecular complexity index is 475. The third kappa shape index (κ3) is 2.37. The Morgan fingerprint density at radius 1 is 1.38 bits per heavy atom. The Morgan fingerprint density at radius 2 is 2.12 bits per heavy atom. The number of rotatable bonds is 1. The highest BCUT2D eigenvalue weighted by atomic mass is 35.5. The Hall–Kier alpha value is -1.04. The van der Waals surface area contributed by atoms with Crippen molar-refractivity contribution in [2.75, 3.05) is 0 Å². The predicted octanol–water partition coefficient (Wildman–Crippen LogP) is 1.78. The molecule has 4 N–H and O–H groups in total. The van der Waals surface area contributed by atoms with Crippen LogP contribution in [0.4, 0.5) is 0 Å². The lowest BCUT2D eigenvalue weighted by molar-refractivity contribution is 0.660. The smallest absolute Gasteiger partial charge is 0.197 e.